The van der Waals surface area contributed by atoms with E-state index in [-0.39, 0.29) is 18.1 Å². The molecule has 2 N–H and O–H groups in total. The Morgan fingerprint density at radius 3 is 2.44 bits per heavy atom. The van der Waals surface area contributed by atoms with Gasteiger partial charge < -0.3 is 15.2 Å². The SMILES string of the molecule is CCOC(=O)c1sc2nc(C)c(C(C)=O)c(-c3ccc(OC)cc3)c2c1N. The molecule has 27 heavy (non-hydrogen) atoms. The van der Waals surface area contributed by atoms with Gasteiger partial charge in [-0.2, -0.15) is 0 Å². The number of ether oxygens (including phenoxy) is 2. The number of methoxy groups -OCH3 is 1. The molecule has 0 aliphatic carbocycles. The first-order chi connectivity index (χ1) is 12.9. The Kier molecular flexibility index (Phi) is 5.14. The number of pyridine rings is 1. The standard InChI is InChI=1S/C20H20N2O4S/c1-5-26-20(24)18-17(21)16-15(12-6-8-13(25-4)9-7-12)14(11(3)23)10(2)22-19(16)27-18/h6-9H,5,21H2,1-4H3. The van der Waals surface area contributed by atoms with E-state index >= 15 is 0 Å². The van der Waals surface area contributed by atoms with E-state index < -0.39 is 5.97 Å². The highest BCUT2D eigenvalue weighted by molar-refractivity contribution is 7.21. The number of anilines is 1. The Labute approximate surface area is 160 Å². The normalized spacial score (nSPS) is 10.8. The third-order valence-corrected chi connectivity index (χ3v) is 5.33. The Morgan fingerprint density at radius 1 is 1.22 bits per heavy atom. The zero-order valence-corrected chi connectivity index (χ0v) is 16.4. The van der Waals surface area contributed by atoms with Gasteiger partial charge >= 0.3 is 5.97 Å². The van der Waals surface area contributed by atoms with Crippen molar-refractivity contribution in [3.8, 4) is 16.9 Å². The number of Topliss-reactive ketones (excluding diaryl/α,β-unsaturated/α-hetero) is 1. The number of carbonyl (C=O) groups is 2. The van der Waals surface area contributed by atoms with Crippen LogP contribution < -0.4 is 10.5 Å². The fraction of sp³-hybridized carbons (Fsp3) is 0.250. The van der Waals surface area contributed by atoms with Crippen molar-refractivity contribution >= 4 is 39.0 Å². The number of fused-ring (bicyclic) bond motifs is 1. The van der Waals surface area contributed by atoms with Crippen LogP contribution in [0.4, 0.5) is 5.69 Å². The van der Waals surface area contributed by atoms with E-state index in [1.54, 1.807) is 21.0 Å². The smallest absolute Gasteiger partial charge is 0.350 e. The molecule has 1 aromatic carbocycles. The minimum absolute atomic E-state index is 0.115. The molecule has 6 nitrogen and oxygen atoms in total. The number of carbonyl (C=O) groups excluding carboxylic acids is 2. The number of nitrogen functional groups attached to an aromatic ring is 1. The first kappa shape index (κ1) is 18.8. The van der Waals surface area contributed by atoms with Crippen molar-refractivity contribution in [1.29, 1.82) is 0 Å². The van der Waals surface area contributed by atoms with Gasteiger partial charge in [0.25, 0.3) is 0 Å². The van der Waals surface area contributed by atoms with Crippen LogP contribution in [0.1, 0.15) is 39.6 Å². The van der Waals surface area contributed by atoms with Gasteiger partial charge in [-0.3, -0.25) is 4.79 Å². The van der Waals surface area contributed by atoms with E-state index in [4.69, 9.17) is 15.2 Å². The highest BCUT2D eigenvalue weighted by atomic mass is 32.1. The molecule has 0 aliphatic rings. The molecule has 140 valence electrons. The lowest BCUT2D eigenvalue weighted by Crippen LogP contribution is -2.06. The van der Waals surface area contributed by atoms with E-state index in [1.165, 1.54) is 18.3 Å². The van der Waals surface area contributed by atoms with Gasteiger partial charge in [-0.25, -0.2) is 9.78 Å². The second kappa shape index (κ2) is 7.36. The van der Waals surface area contributed by atoms with Gasteiger partial charge in [-0.05, 0) is 38.5 Å². The number of ketones is 1. The minimum atomic E-state index is -0.485. The number of hydrogen-bond donors (Lipinski definition) is 1. The lowest BCUT2D eigenvalue weighted by Gasteiger charge is -2.13. The molecule has 0 amide bonds. The number of hydrogen-bond acceptors (Lipinski definition) is 7. The monoisotopic (exact) mass is 384 g/mol. The maximum absolute atomic E-state index is 12.4. The molecule has 0 unspecified atom stereocenters. The molecule has 3 rings (SSSR count). The van der Waals surface area contributed by atoms with Gasteiger partial charge in [0.2, 0.25) is 0 Å². The van der Waals surface area contributed by atoms with Crippen molar-refractivity contribution < 1.29 is 19.1 Å². The van der Waals surface area contributed by atoms with Crippen LogP contribution in [-0.4, -0.2) is 30.5 Å². The summed E-state index contributed by atoms with van der Waals surface area (Å²) >= 11 is 1.18. The zero-order valence-electron chi connectivity index (χ0n) is 15.6. The van der Waals surface area contributed by atoms with Crippen LogP contribution >= 0.6 is 11.3 Å². The zero-order chi connectivity index (χ0) is 19.7. The second-order valence-electron chi connectivity index (χ2n) is 5.98. The topological polar surface area (TPSA) is 91.5 Å². The summed E-state index contributed by atoms with van der Waals surface area (Å²) in [6, 6.07) is 7.35. The molecular weight excluding hydrogens is 364 g/mol. The van der Waals surface area contributed by atoms with E-state index in [1.807, 2.05) is 24.3 Å². The molecule has 0 saturated carbocycles. The van der Waals surface area contributed by atoms with Gasteiger partial charge in [-0.1, -0.05) is 12.1 Å². The van der Waals surface area contributed by atoms with Gasteiger partial charge in [0.05, 0.1) is 25.1 Å². The molecule has 3 aromatic rings. The molecule has 0 aliphatic heterocycles. The molecule has 0 radical (unpaired) electrons. The minimum Gasteiger partial charge on any atom is -0.497 e. The average molecular weight is 384 g/mol. The van der Waals surface area contributed by atoms with Crippen molar-refractivity contribution in [2.75, 3.05) is 19.5 Å². The molecule has 0 spiro atoms. The summed E-state index contributed by atoms with van der Waals surface area (Å²) in [5, 5.41) is 0.601. The van der Waals surface area contributed by atoms with Crippen molar-refractivity contribution in [1.82, 2.24) is 4.98 Å². The third-order valence-electron chi connectivity index (χ3n) is 4.25. The summed E-state index contributed by atoms with van der Waals surface area (Å²) in [7, 11) is 1.59. The molecular formula is C20H20N2O4S. The van der Waals surface area contributed by atoms with Gasteiger partial charge in [0.1, 0.15) is 15.5 Å². The molecule has 7 heteroatoms. The van der Waals surface area contributed by atoms with Crippen LogP contribution in [-0.2, 0) is 4.74 Å². The largest absolute Gasteiger partial charge is 0.497 e. The predicted molar refractivity (Wildman–Crippen MR) is 107 cm³/mol. The van der Waals surface area contributed by atoms with Crippen molar-refractivity contribution in [2.45, 2.75) is 20.8 Å². The summed E-state index contributed by atoms with van der Waals surface area (Å²) in [4.78, 5) is 30.1. The maximum Gasteiger partial charge on any atom is 0.350 e. The number of thiophene rings is 1. The quantitative estimate of drug-likeness (QED) is 0.522. The summed E-state index contributed by atoms with van der Waals surface area (Å²) < 4.78 is 10.3. The molecule has 0 saturated heterocycles. The highest BCUT2D eigenvalue weighted by Gasteiger charge is 2.25. The third kappa shape index (κ3) is 3.26. The number of rotatable bonds is 5. The Bertz CT molecular complexity index is 1040. The second-order valence-corrected chi connectivity index (χ2v) is 6.98. The fourth-order valence-corrected chi connectivity index (χ4v) is 4.14. The number of aryl methyl sites for hydroxylation is 1. The van der Waals surface area contributed by atoms with Gasteiger partial charge in [-0.15, -0.1) is 11.3 Å². The summed E-state index contributed by atoms with van der Waals surface area (Å²) in [6.07, 6.45) is 0. The fourth-order valence-electron chi connectivity index (χ4n) is 3.09. The number of nitrogens with two attached hydrogens (primary N) is 1. The predicted octanol–water partition coefficient (Wildman–Crippen LogP) is 4.24. The first-order valence-corrected chi connectivity index (χ1v) is 9.25. The molecule has 2 aromatic heterocycles. The number of esters is 1. The van der Waals surface area contributed by atoms with Crippen LogP contribution in [0.3, 0.4) is 0 Å². The van der Waals surface area contributed by atoms with Gasteiger partial charge in [0.15, 0.2) is 5.78 Å². The van der Waals surface area contributed by atoms with Crippen LogP contribution in [0.15, 0.2) is 24.3 Å². The van der Waals surface area contributed by atoms with Crippen molar-refractivity contribution in [2.24, 2.45) is 0 Å². The number of aromatic nitrogens is 1. The first-order valence-electron chi connectivity index (χ1n) is 8.44. The maximum atomic E-state index is 12.4. The average Bonchev–Trinajstić information content (AvgIpc) is 2.97. The summed E-state index contributed by atoms with van der Waals surface area (Å²) in [6.45, 7) is 5.27. The number of nitrogens with zero attached hydrogens (tertiary/aromatic N) is 1. The highest BCUT2D eigenvalue weighted by Crippen LogP contribution is 2.42. The Morgan fingerprint density at radius 2 is 1.89 bits per heavy atom. The molecule has 2 heterocycles. The summed E-state index contributed by atoms with van der Waals surface area (Å²) in [5.41, 5.74) is 9.17. The van der Waals surface area contributed by atoms with E-state index in [9.17, 15) is 9.59 Å². The van der Waals surface area contributed by atoms with Crippen LogP contribution in [0.5, 0.6) is 5.75 Å². The van der Waals surface area contributed by atoms with Crippen molar-refractivity contribution in [3.05, 3.63) is 40.4 Å². The van der Waals surface area contributed by atoms with E-state index in [2.05, 4.69) is 4.98 Å². The lowest BCUT2D eigenvalue weighted by molar-refractivity contribution is 0.0533. The molecule has 0 atom stereocenters. The Hall–Kier alpha value is -2.93. The summed E-state index contributed by atoms with van der Waals surface area (Å²) in [5.74, 6) is 0.104. The van der Waals surface area contributed by atoms with Crippen LogP contribution in [0.25, 0.3) is 21.3 Å². The van der Waals surface area contributed by atoms with Gasteiger partial charge in [0, 0.05) is 16.5 Å². The lowest BCUT2D eigenvalue weighted by atomic mass is 9.93. The van der Waals surface area contributed by atoms with Crippen LogP contribution in [0.2, 0.25) is 0 Å². The van der Waals surface area contributed by atoms with E-state index in [0.29, 0.717) is 37.7 Å². The molecule has 0 bridgehead atoms. The Balaban J connectivity index is 2.37. The molecule has 0 fully saturated rings. The number of benzene rings is 1. The van der Waals surface area contributed by atoms with Crippen molar-refractivity contribution in [3.63, 3.8) is 0 Å². The van der Waals surface area contributed by atoms with E-state index in [0.717, 1.165) is 5.56 Å². The van der Waals surface area contributed by atoms with Crippen LogP contribution in [0, 0.1) is 6.92 Å².